The van der Waals surface area contributed by atoms with Gasteiger partial charge in [-0.1, -0.05) is 125 Å². The van der Waals surface area contributed by atoms with Gasteiger partial charge in [0.15, 0.2) is 0 Å². The number of ketones is 6. The van der Waals surface area contributed by atoms with Crippen LogP contribution in [0.1, 0.15) is 144 Å². The van der Waals surface area contributed by atoms with Crippen molar-refractivity contribution in [1.29, 1.82) is 0 Å². The zero-order chi connectivity index (χ0) is 32.6. The van der Waals surface area contributed by atoms with E-state index in [0.29, 0.717) is 0 Å². The predicted octanol–water partition coefficient (Wildman–Crippen LogP) is 7.44. The first-order valence-electron chi connectivity index (χ1n) is 13.8. The fourth-order valence-corrected chi connectivity index (χ4v) is 2.03. The van der Waals surface area contributed by atoms with E-state index in [9.17, 15) is 28.8 Å². The van der Waals surface area contributed by atoms with Crippen molar-refractivity contribution in [2.45, 2.75) is 144 Å². The molecule has 0 bridgehead atoms. The maximum Gasteiger partial charge on any atom is 0.145 e. The molecule has 0 aromatic heterocycles. The fourth-order valence-electron chi connectivity index (χ4n) is 2.03. The van der Waals surface area contributed by atoms with Crippen LogP contribution in [0.4, 0.5) is 0 Å². The molecule has 6 nitrogen and oxygen atoms in total. The number of Topliss-reactive ketones (excluding diaryl/α,β-unsaturated/α-hetero) is 6. The van der Waals surface area contributed by atoms with Gasteiger partial charge in [0.05, 0.1) is 19.3 Å². The zero-order valence-corrected chi connectivity index (χ0v) is 32.4. The molecule has 7 heteroatoms. The maximum atomic E-state index is 11.5. The monoisotopic (exact) mass is 667 g/mol. The molecule has 0 N–H and O–H groups in total. The van der Waals surface area contributed by atoms with Crippen LogP contribution in [-0.4, -0.2) is 60.5 Å². The number of hydrogen-bond acceptors (Lipinski definition) is 6. The predicted molar refractivity (Wildman–Crippen MR) is 166 cm³/mol. The van der Waals surface area contributed by atoms with Gasteiger partial charge in [0.2, 0.25) is 0 Å². The molecule has 40 heavy (non-hydrogen) atoms. The summed E-state index contributed by atoms with van der Waals surface area (Å²) in [5, 5.41) is 0. The van der Waals surface area contributed by atoms with Gasteiger partial charge in [-0.15, -0.1) is 0 Å². The summed E-state index contributed by atoms with van der Waals surface area (Å²) in [6, 6.07) is 0. The summed E-state index contributed by atoms with van der Waals surface area (Å²) in [4.78, 5) is 69.0. The Kier molecular flexibility index (Phi) is 18.9. The molecular weight excluding hydrogens is 607 g/mol. The summed E-state index contributed by atoms with van der Waals surface area (Å²) < 4.78 is 0. The second-order valence-electron chi connectivity index (χ2n) is 16.6. The molecule has 0 aliphatic carbocycles. The van der Waals surface area contributed by atoms with Crippen molar-refractivity contribution in [1.82, 2.24) is 0 Å². The van der Waals surface area contributed by atoms with E-state index in [1.165, 1.54) is 0 Å². The first-order chi connectivity index (χ1) is 16.6. The summed E-state index contributed by atoms with van der Waals surface area (Å²) in [5.41, 5.74) is -2.41. The standard InChI is InChI=1S/3C11H20O2.In/c3*1-10(2,3)8(12)7-9(13)11(4,5)6;/h3*7H2,1-6H3;. The Hall–Kier alpha value is -1.11. The van der Waals surface area contributed by atoms with E-state index in [0.717, 1.165) is 0 Å². The summed E-state index contributed by atoms with van der Waals surface area (Å²) in [6.45, 7) is 33.1. The van der Waals surface area contributed by atoms with Crippen LogP contribution >= 0.6 is 0 Å². The SMILES string of the molecule is CC(C)(C)C(=O)CC(=O)C(C)(C)C.CC(C)(C)C(=O)CC(=O)C(C)(C)C.CC(C)(C)C(=O)CC(=O)C(C)(C)C.[In]. The van der Waals surface area contributed by atoms with Crippen LogP contribution in [0.5, 0.6) is 0 Å². The molecule has 0 saturated carbocycles. The van der Waals surface area contributed by atoms with E-state index >= 15 is 0 Å². The van der Waals surface area contributed by atoms with Gasteiger partial charge in [0.1, 0.15) is 34.7 Å². The molecule has 0 fully saturated rings. The van der Waals surface area contributed by atoms with Gasteiger partial charge < -0.3 is 0 Å². The molecular formula is C33H60InO6. The minimum Gasteiger partial charge on any atom is -0.299 e. The van der Waals surface area contributed by atoms with Crippen LogP contribution in [0.15, 0.2) is 0 Å². The van der Waals surface area contributed by atoms with E-state index < -0.39 is 32.5 Å². The average Bonchev–Trinajstić information content (AvgIpc) is 2.64. The Morgan fingerprint density at radius 1 is 0.275 bits per heavy atom. The van der Waals surface area contributed by atoms with Crippen molar-refractivity contribution in [3.05, 3.63) is 0 Å². The van der Waals surface area contributed by atoms with E-state index in [4.69, 9.17) is 0 Å². The first-order valence-corrected chi connectivity index (χ1v) is 13.8. The van der Waals surface area contributed by atoms with E-state index in [1.54, 1.807) is 0 Å². The van der Waals surface area contributed by atoms with Crippen LogP contribution < -0.4 is 0 Å². The molecule has 0 unspecified atom stereocenters. The fraction of sp³-hybridized carbons (Fsp3) is 0.818. The molecule has 0 heterocycles. The minimum atomic E-state index is -0.402. The molecule has 0 aromatic rings. The average molecular weight is 668 g/mol. The topological polar surface area (TPSA) is 102 Å². The van der Waals surface area contributed by atoms with E-state index in [1.807, 2.05) is 125 Å². The number of hydrogen-bond donors (Lipinski definition) is 0. The Balaban J connectivity index is -0.000000240. The van der Waals surface area contributed by atoms with E-state index in [-0.39, 0.29) is 79.8 Å². The molecule has 0 atom stereocenters. The largest absolute Gasteiger partial charge is 0.299 e. The molecule has 0 amide bonds. The van der Waals surface area contributed by atoms with Crippen molar-refractivity contribution in [3.63, 3.8) is 0 Å². The Morgan fingerprint density at radius 2 is 0.350 bits per heavy atom. The summed E-state index contributed by atoms with van der Waals surface area (Å²) in [6.07, 6.45) is 0.187. The van der Waals surface area contributed by atoms with Gasteiger partial charge >= 0.3 is 0 Å². The summed E-state index contributed by atoms with van der Waals surface area (Å²) >= 11 is 0. The van der Waals surface area contributed by atoms with E-state index in [2.05, 4.69) is 0 Å². The Labute approximate surface area is 264 Å². The van der Waals surface area contributed by atoms with Crippen LogP contribution in [0.25, 0.3) is 0 Å². The number of rotatable bonds is 6. The number of carbonyl (C=O) groups is 6. The molecule has 0 aromatic carbocycles. The second kappa shape index (κ2) is 16.5. The molecule has 0 aliphatic rings. The summed E-state index contributed by atoms with van der Waals surface area (Å²) in [5.74, 6) is 0.125. The molecule has 231 valence electrons. The molecule has 3 radical (unpaired) electrons. The van der Waals surface area contributed by atoms with Gasteiger partial charge in [-0.05, 0) is 0 Å². The van der Waals surface area contributed by atoms with Crippen molar-refractivity contribution in [3.8, 4) is 0 Å². The Morgan fingerprint density at radius 3 is 0.400 bits per heavy atom. The van der Waals surface area contributed by atoms with Crippen molar-refractivity contribution < 1.29 is 28.8 Å². The third kappa shape index (κ3) is 21.6. The normalized spacial score (nSPS) is 12.4. The van der Waals surface area contributed by atoms with Gasteiger partial charge in [-0.3, -0.25) is 28.8 Å². The molecule has 0 aliphatic heterocycles. The van der Waals surface area contributed by atoms with Gasteiger partial charge in [0, 0.05) is 58.3 Å². The third-order valence-corrected chi connectivity index (χ3v) is 5.98. The second-order valence-corrected chi connectivity index (χ2v) is 16.6. The first kappa shape index (κ1) is 45.9. The van der Waals surface area contributed by atoms with Crippen LogP contribution in [0.2, 0.25) is 0 Å². The van der Waals surface area contributed by atoms with Gasteiger partial charge in [-0.2, -0.15) is 0 Å². The van der Waals surface area contributed by atoms with Gasteiger partial charge in [0.25, 0.3) is 0 Å². The molecule has 0 saturated heterocycles. The minimum absolute atomic E-state index is 0. The quantitative estimate of drug-likeness (QED) is 0.273. The van der Waals surface area contributed by atoms with Crippen LogP contribution in [0, 0.1) is 32.5 Å². The van der Waals surface area contributed by atoms with Crippen molar-refractivity contribution in [2.24, 2.45) is 32.5 Å². The maximum absolute atomic E-state index is 11.5. The third-order valence-electron chi connectivity index (χ3n) is 5.98. The Bertz CT molecular complexity index is 693. The zero-order valence-electron chi connectivity index (χ0n) is 29.1. The summed E-state index contributed by atoms with van der Waals surface area (Å²) in [7, 11) is 0. The number of carbonyl (C=O) groups excluding carboxylic acids is 6. The van der Waals surface area contributed by atoms with Gasteiger partial charge in [-0.25, -0.2) is 0 Å². The molecule has 0 rings (SSSR count). The van der Waals surface area contributed by atoms with Crippen molar-refractivity contribution >= 4 is 60.5 Å². The molecule has 0 spiro atoms. The van der Waals surface area contributed by atoms with Crippen LogP contribution in [-0.2, 0) is 28.8 Å². The van der Waals surface area contributed by atoms with Crippen molar-refractivity contribution in [2.75, 3.05) is 0 Å². The smallest absolute Gasteiger partial charge is 0.145 e. The van der Waals surface area contributed by atoms with Crippen LogP contribution in [0.3, 0.4) is 0 Å².